The van der Waals surface area contributed by atoms with E-state index >= 15 is 0 Å². The summed E-state index contributed by atoms with van der Waals surface area (Å²) in [4.78, 5) is 0. The van der Waals surface area contributed by atoms with Crippen LogP contribution in [0.25, 0.3) is 0 Å². The molecule has 3 N–H and O–H groups in total. The Morgan fingerprint density at radius 3 is 2.38 bits per heavy atom. The summed E-state index contributed by atoms with van der Waals surface area (Å²) in [5.74, 6) is 0.891. The molecule has 0 saturated carbocycles. The number of aromatic hydroxyl groups is 2. The minimum atomic E-state index is -0.123. The Morgan fingerprint density at radius 2 is 1.71 bits per heavy atom. The van der Waals surface area contributed by atoms with E-state index in [0.29, 0.717) is 5.56 Å². The van der Waals surface area contributed by atoms with Gasteiger partial charge in [0.1, 0.15) is 17.2 Å². The van der Waals surface area contributed by atoms with Gasteiger partial charge >= 0.3 is 0 Å². The van der Waals surface area contributed by atoms with Crippen molar-refractivity contribution in [2.24, 2.45) is 0 Å². The molecule has 0 heterocycles. The summed E-state index contributed by atoms with van der Waals surface area (Å²) < 4.78 is 5.77. The Hall–Kier alpha value is -2.36. The van der Waals surface area contributed by atoms with Crippen LogP contribution in [-0.4, -0.2) is 16.3 Å². The van der Waals surface area contributed by atoms with Crippen LogP contribution in [0, 0.1) is 0 Å². The lowest BCUT2D eigenvalue weighted by atomic mass is 10.1. The smallest absolute Gasteiger partial charge is 0.142 e. The molecule has 112 valence electrons. The number of hydrogen-bond donors (Lipinski definition) is 3. The standard InChI is InChI=1S/C17H21NO3/c1-11(2)21-17-7-5-4-6-15(17)18-12(3)14-9-8-13(19)10-16(14)20/h4-12,18-20H,1-3H3. The Morgan fingerprint density at radius 1 is 1.00 bits per heavy atom. The molecule has 0 aliphatic rings. The van der Waals surface area contributed by atoms with Crippen molar-refractivity contribution in [3.8, 4) is 17.2 Å². The number of rotatable bonds is 5. The second-order valence-corrected chi connectivity index (χ2v) is 5.27. The Bertz CT molecular complexity index is 611. The number of anilines is 1. The van der Waals surface area contributed by atoms with Crippen molar-refractivity contribution in [2.75, 3.05) is 5.32 Å². The summed E-state index contributed by atoms with van der Waals surface area (Å²) in [5.41, 5.74) is 1.58. The van der Waals surface area contributed by atoms with Gasteiger partial charge in [0.05, 0.1) is 17.8 Å². The Labute approximate surface area is 125 Å². The topological polar surface area (TPSA) is 61.7 Å². The van der Waals surface area contributed by atoms with E-state index in [1.807, 2.05) is 45.0 Å². The van der Waals surface area contributed by atoms with Gasteiger partial charge in [-0.3, -0.25) is 0 Å². The van der Waals surface area contributed by atoms with Gasteiger partial charge in [0, 0.05) is 11.6 Å². The van der Waals surface area contributed by atoms with Crippen LogP contribution in [0.3, 0.4) is 0 Å². The monoisotopic (exact) mass is 287 g/mol. The fraction of sp³-hybridized carbons (Fsp3) is 0.294. The van der Waals surface area contributed by atoms with Crippen molar-refractivity contribution in [3.05, 3.63) is 48.0 Å². The van der Waals surface area contributed by atoms with Gasteiger partial charge in [-0.05, 0) is 45.0 Å². The minimum Gasteiger partial charge on any atom is -0.508 e. The molecule has 4 nitrogen and oxygen atoms in total. The lowest BCUT2D eigenvalue weighted by molar-refractivity contribution is 0.243. The first kappa shape index (κ1) is 15.0. The van der Waals surface area contributed by atoms with E-state index in [-0.39, 0.29) is 23.6 Å². The molecule has 0 aromatic heterocycles. The van der Waals surface area contributed by atoms with Crippen molar-refractivity contribution in [1.82, 2.24) is 0 Å². The van der Waals surface area contributed by atoms with E-state index in [0.717, 1.165) is 11.4 Å². The molecule has 0 aliphatic heterocycles. The number of ether oxygens (including phenoxy) is 1. The lowest BCUT2D eigenvalue weighted by Gasteiger charge is -2.20. The summed E-state index contributed by atoms with van der Waals surface area (Å²) in [6, 6.07) is 12.2. The van der Waals surface area contributed by atoms with E-state index in [4.69, 9.17) is 4.74 Å². The van der Waals surface area contributed by atoms with Gasteiger partial charge in [0.25, 0.3) is 0 Å². The molecule has 1 atom stereocenters. The SMILES string of the molecule is CC(C)Oc1ccccc1NC(C)c1ccc(O)cc1O. The van der Waals surface area contributed by atoms with Crippen LogP contribution in [0.15, 0.2) is 42.5 Å². The molecule has 21 heavy (non-hydrogen) atoms. The highest BCUT2D eigenvalue weighted by molar-refractivity contribution is 5.58. The fourth-order valence-corrected chi connectivity index (χ4v) is 2.15. The first-order valence-electron chi connectivity index (χ1n) is 7.01. The van der Waals surface area contributed by atoms with Crippen LogP contribution < -0.4 is 10.1 Å². The number of phenolic OH excluding ortho intramolecular Hbond substituents is 2. The fourth-order valence-electron chi connectivity index (χ4n) is 2.15. The van der Waals surface area contributed by atoms with Crippen molar-refractivity contribution in [3.63, 3.8) is 0 Å². The second-order valence-electron chi connectivity index (χ2n) is 5.27. The second kappa shape index (κ2) is 6.39. The van der Waals surface area contributed by atoms with Crippen LogP contribution in [0.4, 0.5) is 5.69 Å². The van der Waals surface area contributed by atoms with Crippen molar-refractivity contribution < 1.29 is 14.9 Å². The molecule has 2 aromatic rings. The number of nitrogens with one attached hydrogen (secondary N) is 1. The van der Waals surface area contributed by atoms with E-state index in [2.05, 4.69) is 5.32 Å². The largest absolute Gasteiger partial charge is 0.508 e. The molecule has 1 unspecified atom stereocenters. The predicted molar refractivity (Wildman–Crippen MR) is 84.0 cm³/mol. The first-order chi connectivity index (χ1) is 9.97. The molecule has 0 amide bonds. The average molecular weight is 287 g/mol. The molecule has 4 heteroatoms. The zero-order chi connectivity index (χ0) is 15.4. The summed E-state index contributed by atoms with van der Waals surface area (Å²) in [6.07, 6.45) is 0.0883. The third kappa shape index (κ3) is 3.81. The third-order valence-corrected chi connectivity index (χ3v) is 3.10. The van der Waals surface area contributed by atoms with Crippen LogP contribution in [-0.2, 0) is 0 Å². The van der Waals surface area contributed by atoms with Gasteiger partial charge in [0.15, 0.2) is 0 Å². The Balaban J connectivity index is 2.21. The molecule has 0 bridgehead atoms. The van der Waals surface area contributed by atoms with Gasteiger partial charge in [0.2, 0.25) is 0 Å². The first-order valence-corrected chi connectivity index (χ1v) is 7.01. The van der Waals surface area contributed by atoms with Gasteiger partial charge < -0.3 is 20.3 Å². The van der Waals surface area contributed by atoms with E-state index in [9.17, 15) is 10.2 Å². The molecule has 0 radical (unpaired) electrons. The summed E-state index contributed by atoms with van der Waals surface area (Å²) >= 11 is 0. The third-order valence-electron chi connectivity index (χ3n) is 3.10. The Kier molecular flexibility index (Phi) is 4.58. The molecule has 0 aliphatic carbocycles. The summed E-state index contributed by atoms with van der Waals surface area (Å²) in [5, 5.41) is 22.6. The molecular formula is C17H21NO3. The van der Waals surface area contributed by atoms with Crippen molar-refractivity contribution in [2.45, 2.75) is 32.9 Å². The number of para-hydroxylation sites is 2. The van der Waals surface area contributed by atoms with Gasteiger partial charge in [-0.2, -0.15) is 0 Å². The van der Waals surface area contributed by atoms with E-state index in [1.54, 1.807) is 12.1 Å². The number of hydrogen-bond acceptors (Lipinski definition) is 4. The molecule has 0 spiro atoms. The molecule has 0 fully saturated rings. The van der Waals surface area contributed by atoms with Crippen LogP contribution >= 0.6 is 0 Å². The highest BCUT2D eigenvalue weighted by Crippen LogP contribution is 2.33. The normalized spacial score (nSPS) is 12.2. The zero-order valence-electron chi connectivity index (χ0n) is 12.5. The van der Waals surface area contributed by atoms with E-state index < -0.39 is 0 Å². The average Bonchev–Trinajstić information content (AvgIpc) is 2.40. The van der Waals surface area contributed by atoms with Crippen LogP contribution in [0.1, 0.15) is 32.4 Å². The van der Waals surface area contributed by atoms with Gasteiger partial charge in [-0.25, -0.2) is 0 Å². The van der Waals surface area contributed by atoms with Crippen LogP contribution in [0.5, 0.6) is 17.2 Å². The molecule has 2 aromatic carbocycles. The maximum Gasteiger partial charge on any atom is 0.142 e. The predicted octanol–water partition coefficient (Wildman–Crippen LogP) is 4.06. The molecule has 0 saturated heterocycles. The summed E-state index contributed by atoms with van der Waals surface area (Å²) in [7, 11) is 0. The highest BCUT2D eigenvalue weighted by Gasteiger charge is 2.13. The lowest BCUT2D eigenvalue weighted by Crippen LogP contribution is -2.11. The van der Waals surface area contributed by atoms with Crippen molar-refractivity contribution >= 4 is 5.69 Å². The maximum absolute atomic E-state index is 9.92. The zero-order valence-corrected chi connectivity index (χ0v) is 12.5. The highest BCUT2D eigenvalue weighted by atomic mass is 16.5. The van der Waals surface area contributed by atoms with Crippen LogP contribution in [0.2, 0.25) is 0 Å². The molecule has 2 rings (SSSR count). The quantitative estimate of drug-likeness (QED) is 0.776. The van der Waals surface area contributed by atoms with Crippen molar-refractivity contribution in [1.29, 1.82) is 0 Å². The molecular weight excluding hydrogens is 266 g/mol. The number of benzene rings is 2. The summed E-state index contributed by atoms with van der Waals surface area (Å²) in [6.45, 7) is 5.90. The number of phenols is 2. The van der Waals surface area contributed by atoms with E-state index in [1.165, 1.54) is 6.07 Å². The van der Waals surface area contributed by atoms with Gasteiger partial charge in [-0.1, -0.05) is 12.1 Å². The van der Waals surface area contributed by atoms with Gasteiger partial charge in [-0.15, -0.1) is 0 Å². The maximum atomic E-state index is 9.92. The minimum absolute atomic E-state index is 0.0481.